The number of thiocarbonyl (C=S) groups is 1. The van der Waals surface area contributed by atoms with Crippen molar-refractivity contribution in [2.24, 2.45) is 0 Å². The summed E-state index contributed by atoms with van der Waals surface area (Å²) in [5.41, 5.74) is 8.37. The van der Waals surface area contributed by atoms with E-state index in [1.807, 2.05) is 42.5 Å². The van der Waals surface area contributed by atoms with Gasteiger partial charge in [-0.3, -0.25) is 15.6 Å². The van der Waals surface area contributed by atoms with Gasteiger partial charge in [0.2, 0.25) is 0 Å². The van der Waals surface area contributed by atoms with E-state index in [1.165, 1.54) is 24.5 Å². The Morgan fingerprint density at radius 2 is 1.76 bits per heavy atom. The van der Waals surface area contributed by atoms with Gasteiger partial charge in [-0.25, -0.2) is 0 Å². The largest absolute Gasteiger partial charge is 0.331 e. The molecule has 0 heterocycles. The predicted octanol–water partition coefficient (Wildman–Crippen LogP) is 4.06. The fourth-order valence-electron chi connectivity index (χ4n) is 2.19. The van der Waals surface area contributed by atoms with E-state index < -0.39 is 0 Å². The maximum atomic E-state index is 11.8. The molecule has 0 atom stereocenters. The highest BCUT2D eigenvalue weighted by Gasteiger charge is 2.00. The number of amides is 1. The molecule has 1 amide bonds. The number of hydrogen-bond donors (Lipinski definition) is 3. The Morgan fingerprint density at radius 1 is 1.04 bits per heavy atom. The molecule has 5 heteroatoms. The molecule has 0 unspecified atom stereocenters. The molecular formula is C20H23N3OS. The molecule has 0 spiro atoms. The van der Waals surface area contributed by atoms with E-state index in [-0.39, 0.29) is 5.91 Å². The van der Waals surface area contributed by atoms with Crippen molar-refractivity contribution < 1.29 is 4.79 Å². The second-order valence-corrected chi connectivity index (χ2v) is 6.02. The van der Waals surface area contributed by atoms with Crippen molar-refractivity contribution in [1.29, 1.82) is 0 Å². The number of aryl methyl sites for hydroxylation is 1. The van der Waals surface area contributed by atoms with Crippen LogP contribution in [0.2, 0.25) is 0 Å². The summed E-state index contributed by atoms with van der Waals surface area (Å²) in [7, 11) is 0. The Kier molecular flexibility index (Phi) is 7.66. The quantitative estimate of drug-likeness (QED) is 0.416. The van der Waals surface area contributed by atoms with Gasteiger partial charge in [-0.2, -0.15) is 0 Å². The van der Waals surface area contributed by atoms with Crippen LogP contribution in [0.4, 0.5) is 5.69 Å². The van der Waals surface area contributed by atoms with Gasteiger partial charge < -0.3 is 5.32 Å². The molecule has 0 bridgehead atoms. The smallest absolute Gasteiger partial charge is 0.262 e. The Balaban J connectivity index is 1.74. The van der Waals surface area contributed by atoms with Crippen molar-refractivity contribution in [3.63, 3.8) is 0 Å². The van der Waals surface area contributed by atoms with E-state index in [1.54, 1.807) is 6.08 Å². The van der Waals surface area contributed by atoms with Gasteiger partial charge in [-0.1, -0.05) is 55.8 Å². The first kappa shape index (κ1) is 18.7. The molecule has 0 radical (unpaired) electrons. The van der Waals surface area contributed by atoms with Gasteiger partial charge in [-0.05, 0) is 54.4 Å². The molecule has 3 N–H and O–H groups in total. The summed E-state index contributed by atoms with van der Waals surface area (Å²) in [4.78, 5) is 11.8. The van der Waals surface area contributed by atoms with E-state index >= 15 is 0 Å². The third kappa shape index (κ3) is 7.18. The maximum Gasteiger partial charge on any atom is 0.262 e. The van der Waals surface area contributed by atoms with Gasteiger partial charge in [0.25, 0.3) is 5.91 Å². The number of hydrazine groups is 1. The molecule has 0 aromatic heterocycles. The van der Waals surface area contributed by atoms with E-state index in [2.05, 4.69) is 35.2 Å². The predicted molar refractivity (Wildman–Crippen MR) is 108 cm³/mol. The molecule has 0 aliphatic heterocycles. The highest BCUT2D eigenvalue weighted by Crippen LogP contribution is 2.11. The van der Waals surface area contributed by atoms with Crippen LogP contribution in [0.15, 0.2) is 60.7 Å². The Labute approximate surface area is 154 Å². The summed E-state index contributed by atoms with van der Waals surface area (Å²) in [6.07, 6.45) is 6.65. The lowest BCUT2D eigenvalue weighted by atomic mass is 10.1. The van der Waals surface area contributed by atoms with Crippen LogP contribution >= 0.6 is 12.2 Å². The van der Waals surface area contributed by atoms with Crippen molar-refractivity contribution in [3.05, 3.63) is 71.8 Å². The standard InChI is InChI=1S/C20H23N3OS/c1-2-3-7-17-10-13-18(14-11-17)21-20(25)23-22-19(24)15-12-16-8-5-4-6-9-16/h4-6,8-15H,2-3,7H2,1H3,(H,22,24)(H2,21,23,25)/b15-12+. The van der Waals surface area contributed by atoms with Crippen LogP contribution in [0.3, 0.4) is 0 Å². The van der Waals surface area contributed by atoms with E-state index in [4.69, 9.17) is 12.2 Å². The molecule has 25 heavy (non-hydrogen) atoms. The van der Waals surface area contributed by atoms with Gasteiger partial charge in [0, 0.05) is 11.8 Å². The minimum absolute atomic E-state index is 0.275. The number of hydrogen-bond acceptors (Lipinski definition) is 2. The highest BCUT2D eigenvalue weighted by molar-refractivity contribution is 7.80. The summed E-state index contributed by atoms with van der Waals surface area (Å²) in [6, 6.07) is 17.8. The van der Waals surface area contributed by atoms with Crippen molar-refractivity contribution in [2.45, 2.75) is 26.2 Å². The van der Waals surface area contributed by atoms with E-state index in [9.17, 15) is 4.79 Å². The molecule has 2 aromatic rings. The second-order valence-electron chi connectivity index (χ2n) is 5.61. The van der Waals surface area contributed by atoms with Crippen LogP contribution in [0.5, 0.6) is 0 Å². The lowest BCUT2D eigenvalue weighted by molar-refractivity contribution is -0.116. The van der Waals surface area contributed by atoms with Crippen molar-refractivity contribution in [3.8, 4) is 0 Å². The number of carbonyl (C=O) groups excluding carboxylic acids is 1. The van der Waals surface area contributed by atoms with Crippen LogP contribution in [0.25, 0.3) is 6.08 Å². The summed E-state index contributed by atoms with van der Waals surface area (Å²) in [5.74, 6) is -0.275. The first-order chi connectivity index (χ1) is 12.2. The molecule has 2 rings (SSSR count). The minimum Gasteiger partial charge on any atom is -0.331 e. The van der Waals surface area contributed by atoms with Gasteiger partial charge >= 0.3 is 0 Å². The third-order valence-electron chi connectivity index (χ3n) is 3.56. The van der Waals surface area contributed by atoms with Crippen molar-refractivity contribution >= 4 is 35.0 Å². The molecule has 4 nitrogen and oxygen atoms in total. The van der Waals surface area contributed by atoms with Gasteiger partial charge in [-0.15, -0.1) is 0 Å². The Morgan fingerprint density at radius 3 is 2.44 bits per heavy atom. The number of unbranched alkanes of at least 4 members (excludes halogenated alkanes) is 1. The zero-order valence-corrected chi connectivity index (χ0v) is 15.1. The lowest BCUT2D eigenvalue weighted by Crippen LogP contribution is -2.43. The highest BCUT2D eigenvalue weighted by atomic mass is 32.1. The molecule has 130 valence electrons. The summed E-state index contributed by atoms with van der Waals surface area (Å²) < 4.78 is 0. The zero-order valence-electron chi connectivity index (χ0n) is 14.3. The van der Waals surface area contributed by atoms with Gasteiger partial charge in [0.15, 0.2) is 5.11 Å². The van der Waals surface area contributed by atoms with Crippen LogP contribution in [0.1, 0.15) is 30.9 Å². The molecule has 2 aromatic carbocycles. The molecule has 0 saturated heterocycles. The lowest BCUT2D eigenvalue weighted by Gasteiger charge is -2.11. The van der Waals surface area contributed by atoms with E-state index in [0.29, 0.717) is 5.11 Å². The first-order valence-corrected chi connectivity index (χ1v) is 8.77. The molecule has 0 saturated carbocycles. The maximum absolute atomic E-state index is 11.8. The summed E-state index contributed by atoms with van der Waals surface area (Å²) >= 11 is 5.17. The van der Waals surface area contributed by atoms with Gasteiger partial charge in [0.05, 0.1) is 0 Å². The van der Waals surface area contributed by atoms with Crippen molar-refractivity contribution in [1.82, 2.24) is 10.9 Å². The number of anilines is 1. The minimum atomic E-state index is -0.275. The van der Waals surface area contributed by atoms with Gasteiger partial charge in [0.1, 0.15) is 0 Å². The molecular weight excluding hydrogens is 330 g/mol. The van der Waals surface area contributed by atoms with Crippen molar-refractivity contribution in [2.75, 3.05) is 5.32 Å². The Hall–Kier alpha value is -2.66. The monoisotopic (exact) mass is 353 g/mol. The summed E-state index contributed by atoms with van der Waals surface area (Å²) in [5, 5.41) is 3.37. The Bertz CT molecular complexity index is 711. The third-order valence-corrected chi connectivity index (χ3v) is 3.76. The average molecular weight is 353 g/mol. The van der Waals surface area contributed by atoms with E-state index in [0.717, 1.165) is 17.7 Å². The second kappa shape index (κ2) is 10.3. The number of rotatable bonds is 6. The van der Waals surface area contributed by atoms with Crippen LogP contribution < -0.4 is 16.2 Å². The normalized spacial score (nSPS) is 10.4. The molecule has 0 aliphatic carbocycles. The summed E-state index contributed by atoms with van der Waals surface area (Å²) in [6.45, 7) is 2.18. The zero-order chi connectivity index (χ0) is 17.9. The fraction of sp³-hybridized carbons (Fsp3) is 0.200. The SMILES string of the molecule is CCCCc1ccc(NC(=S)NNC(=O)/C=C/c2ccccc2)cc1. The topological polar surface area (TPSA) is 53.2 Å². The molecule has 0 fully saturated rings. The first-order valence-electron chi connectivity index (χ1n) is 8.36. The number of benzene rings is 2. The number of carbonyl (C=O) groups is 1. The van der Waals surface area contributed by atoms with Crippen LogP contribution in [-0.4, -0.2) is 11.0 Å². The number of nitrogens with one attached hydrogen (secondary N) is 3. The fourth-order valence-corrected chi connectivity index (χ4v) is 2.36. The van der Waals surface area contributed by atoms with Crippen LogP contribution in [-0.2, 0) is 11.2 Å². The van der Waals surface area contributed by atoms with Crippen LogP contribution in [0, 0.1) is 0 Å². The average Bonchev–Trinajstić information content (AvgIpc) is 2.65. The molecule has 0 aliphatic rings.